The van der Waals surface area contributed by atoms with Gasteiger partial charge in [0, 0.05) is 17.7 Å². The number of carbonyl (C=O) groups is 1. The molecular weight excluding hydrogens is 348 g/mol. The molecule has 0 spiro atoms. The number of benzene rings is 1. The van der Waals surface area contributed by atoms with E-state index < -0.39 is 21.9 Å². The monoisotopic (exact) mass is 362 g/mol. The van der Waals surface area contributed by atoms with E-state index >= 15 is 0 Å². The molecule has 0 fully saturated rings. The van der Waals surface area contributed by atoms with E-state index in [-0.39, 0.29) is 22.9 Å². The quantitative estimate of drug-likeness (QED) is 0.264. The highest BCUT2D eigenvalue weighted by molar-refractivity contribution is 5.97. The van der Waals surface area contributed by atoms with Crippen LogP contribution >= 0.6 is 0 Å². The van der Waals surface area contributed by atoms with Crippen molar-refractivity contribution in [3.63, 3.8) is 0 Å². The van der Waals surface area contributed by atoms with Gasteiger partial charge in [-0.3, -0.25) is 20.2 Å². The molecule has 26 heavy (non-hydrogen) atoms. The van der Waals surface area contributed by atoms with Crippen LogP contribution in [0, 0.1) is 27.2 Å². The van der Waals surface area contributed by atoms with Gasteiger partial charge in [0.05, 0.1) is 9.85 Å². The first-order chi connectivity index (χ1) is 12.2. The number of non-ortho nitro benzene ring substituents is 1. The maximum Gasteiger partial charge on any atom is 0.359 e. The first-order valence-corrected chi connectivity index (χ1v) is 7.20. The first-order valence-electron chi connectivity index (χ1n) is 7.20. The Morgan fingerprint density at radius 1 is 1.27 bits per heavy atom. The molecule has 1 heterocycles. The van der Waals surface area contributed by atoms with Crippen molar-refractivity contribution in [2.24, 2.45) is 10.9 Å². The van der Waals surface area contributed by atoms with Crippen molar-refractivity contribution in [1.29, 1.82) is 0 Å². The molecular formula is C14H14N6O6. The van der Waals surface area contributed by atoms with E-state index in [1.807, 2.05) is 0 Å². The van der Waals surface area contributed by atoms with E-state index in [0.717, 1.165) is 10.9 Å². The van der Waals surface area contributed by atoms with Crippen LogP contribution in [0.1, 0.15) is 24.2 Å². The number of rotatable bonds is 6. The van der Waals surface area contributed by atoms with Crippen LogP contribution in [0.5, 0.6) is 0 Å². The van der Waals surface area contributed by atoms with Gasteiger partial charge in [-0.1, -0.05) is 5.16 Å². The van der Waals surface area contributed by atoms with E-state index in [9.17, 15) is 25.0 Å². The standard InChI is InChI=1S/C14H14N6O6/c1-8-12(20(24)25)7-16-18(8)9(2)14(21)26-17-13(15)10-3-5-11(6-4-10)19(22)23/h3-7,9H,1-2H3,(H2,15,17). The fourth-order valence-electron chi connectivity index (χ4n) is 2.06. The van der Waals surface area contributed by atoms with Gasteiger partial charge in [-0.05, 0) is 26.0 Å². The summed E-state index contributed by atoms with van der Waals surface area (Å²) in [5, 5.41) is 28.7. The highest BCUT2D eigenvalue weighted by Gasteiger charge is 2.25. The smallest absolute Gasteiger partial charge is 0.359 e. The van der Waals surface area contributed by atoms with Gasteiger partial charge in [-0.2, -0.15) is 5.10 Å². The van der Waals surface area contributed by atoms with Crippen LogP contribution in [0.15, 0.2) is 35.6 Å². The lowest BCUT2D eigenvalue weighted by Crippen LogP contribution is -2.22. The number of hydrogen-bond acceptors (Lipinski definition) is 8. The van der Waals surface area contributed by atoms with Crippen LogP contribution in [-0.4, -0.2) is 31.4 Å². The largest absolute Gasteiger partial charge is 0.380 e. The summed E-state index contributed by atoms with van der Waals surface area (Å²) in [5.41, 5.74) is 5.84. The minimum Gasteiger partial charge on any atom is -0.380 e. The number of nitro benzene ring substituents is 1. The molecule has 12 nitrogen and oxygen atoms in total. The number of amidine groups is 1. The van der Waals surface area contributed by atoms with Crippen LogP contribution in [0.25, 0.3) is 0 Å². The Kier molecular flexibility index (Phi) is 5.25. The molecule has 0 saturated heterocycles. The van der Waals surface area contributed by atoms with Crippen LogP contribution in [0.4, 0.5) is 11.4 Å². The molecule has 1 aromatic heterocycles. The summed E-state index contributed by atoms with van der Waals surface area (Å²) in [5.74, 6) is -1.00. The Balaban J connectivity index is 2.10. The maximum atomic E-state index is 12.0. The van der Waals surface area contributed by atoms with E-state index in [1.165, 1.54) is 38.1 Å². The average Bonchev–Trinajstić information content (AvgIpc) is 3.00. The van der Waals surface area contributed by atoms with Crippen LogP contribution in [0.2, 0.25) is 0 Å². The molecule has 0 amide bonds. The number of nitrogens with two attached hydrogens (primary N) is 1. The molecule has 1 aromatic carbocycles. The molecule has 2 N–H and O–H groups in total. The lowest BCUT2D eigenvalue weighted by Gasteiger charge is -2.10. The van der Waals surface area contributed by atoms with Crippen molar-refractivity contribution < 1.29 is 19.5 Å². The number of carbonyl (C=O) groups excluding carboxylic acids is 1. The zero-order chi connectivity index (χ0) is 19.4. The summed E-state index contributed by atoms with van der Waals surface area (Å²) < 4.78 is 1.14. The molecule has 0 radical (unpaired) electrons. The summed E-state index contributed by atoms with van der Waals surface area (Å²) >= 11 is 0. The third-order valence-corrected chi connectivity index (χ3v) is 3.53. The van der Waals surface area contributed by atoms with Crippen molar-refractivity contribution >= 4 is 23.2 Å². The van der Waals surface area contributed by atoms with Crippen molar-refractivity contribution in [2.75, 3.05) is 0 Å². The van der Waals surface area contributed by atoms with E-state index in [1.54, 1.807) is 0 Å². The van der Waals surface area contributed by atoms with Gasteiger partial charge in [0.1, 0.15) is 17.9 Å². The lowest BCUT2D eigenvalue weighted by atomic mass is 10.2. The van der Waals surface area contributed by atoms with Gasteiger partial charge in [-0.25, -0.2) is 9.48 Å². The molecule has 0 aliphatic rings. The molecule has 0 aliphatic carbocycles. The van der Waals surface area contributed by atoms with Gasteiger partial charge < -0.3 is 10.6 Å². The van der Waals surface area contributed by atoms with Gasteiger partial charge in [0.2, 0.25) is 0 Å². The minimum atomic E-state index is -0.975. The van der Waals surface area contributed by atoms with Gasteiger partial charge in [0.25, 0.3) is 5.69 Å². The number of aromatic nitrogens is 2. The van der Waals surface area contributed by atoms with Crippen molar-refractivity contribution in [3.05, 3.63) is 61.9 Å². The van der Waals surface area contributed by atoms with Crippen LogP contribution in [0.3, 0.4) is 0 Å². The normalized spacial score (nSPS) is 12.5. The Morgan fingerprint density at radius 2 is 1.88 bits per heavy atom. The summed E-state index contributed by atoms with van der Waals surface area (Å²) in [4.78, 5) is 37.0. The Labute approximate surface area is 146 Å². The SMILES string of the molecule is Cc1c([N+](=O)[O-])cnn1C(C)C(=O)O/N=C(\N)c1ccc([N+](=O)[O-])cc1. The van der Waals surface area contributed by atoms with E-state index in [0.29, 0.717) is 5.56 Å². The summed E-state index contributed by atoms with van der Waals surface area (Å²) in [6, 6.07) is 4.20. The topological polar surface area (TPSA) is 169 Å². The Bertz CT molecular complexity index is 888. The number of nitro groups is 2. The molecule has 1 unspecified atom stereocenters. The molecule has 2 rings (SSSR count). The highest BCUT2D eigenvalue weighted by atomic mass is 16.7. The third-order valence-electron chi connectivity index (χ3n) is 3.53. The van der Waals surface area contributed by atoms with Gasteiger partial charge >= 0.3 is 11.7 Å². The highest BCUT2D eigenvalue weighted by Crippen LogP contribution is 2.20. The van der Waals surface area contributed by atoms with E-state index in [2.05, 4.69) is 10.3 Å². The molecule has 136 valence electrons. The summed E-state index contributed by atoms with van der Waals surface area (Å²) in [6.07, 6.45) is 1.04. The molecule has 0 saturated carbocycles. The summed E-state index contributed by atoms with van der Waals surface area (Å²) in [6.45, 7) is 2.88. The molecule has 1 atom stereocenters. The van der Waals surface area contributed by atoms with Crippen LogP contribution < -0.4 is 5.73 Å². The van der Waals surface area contributed by atoms with Crippen LogP contribution in [-0.2, 0) is 9.63 Å². The lowest BCUT2D eigenvalue weighted by molar-refractivity contribution is -0.385. The number of nitrogens with zero attached hydrogens (tertiary/aromatic N) is 5. The third kappa shape index (κ3) is 3.80. The molecule has 0 aliphatic heterocycles. The zero-order valence-electron chi connectivity index (χ0n) is 13.7. The fourth-order valence-corrected chi connectivity index (χ4v) is 2.06. The van der Waals surface area contributed by atoms with Crippen molar-refractivity contribution in [2.45, 2.75) is 19.9 Å². The second-order valence-electron chi connectivity index (χ2n) is 5.18. The number of oxime groups is 1. The van der Waals surface area contributed by atoms with Crippen molar-refractivity contribution in [1.82, 2.24) is 9.78 Å². The molecule has 12 heteroatoms. The van der Waals surface area contributed by atoms with Crippen molar-refractivity contribution in [3.8, 4) is 0 Å². The first kappa shape index (κ1) is 18.5. The molecule has 2 aromatic rings. The Morgan fingerprint density at radius 3 is 2.38 bits per heavy atom. The second-order valence-corrected chi connectivity index (χ2v) is 5.18. The predicted molar refractivity (Wildman–Crippen MR) is 88.2 cm³/mol. The maximum absolute atomic E-state index is 12.0. The number of hydrogen-bond donors (Lipinski definition) is 1. The fraction of sp³-hybridized carbons (Fsp3) is 0.214. The minimum absolute atomic E-state index is 0.122. The molecule has 0 bridgehead atoms. The average molecular weight is 362 g/mol. The predicted octanol–water partition coefficient (Wildman–Crippen LogP) is 1.43. The van der Waals surface area contributed by atoms with Gasteiger partial charge in [-0.15, -0.1) is 0 Å². The van der Waals surface area contributed by atoms with E-state index in [4.69, 9.17) is 10.6 Å². The van der Waals surface area contributed by atoms with Gasteiger partial charge in [0.15, 0.2) is 5.84 Å². The Hall–Kier alpha value is -3.83. The zero-order valence-corrected chi connectivity index (χ0v) is 13.7. The summed E-state index contributed by atoms with van der Waals surface area (Å²) in [7, 11) is 0. The second kappa shape index (κ2) is 7.38.